The van der Waals surface area contributed by atoms with Crippen LogP contribution in [0.1, 0.15) is 63.5 Å². The van der Waals surface area contributed by atoms with Crippen LogP contribution in [-0.4, -0.2) is 91.4 Å². The monoisotopic (exact) mass is 657 g/mol. The minimum absolute atomic E-state index is 0.0153. The molecule has 2 aromatic carbocycles. The van der Waals surface area contributed by atoms with Crippen molar-refractivity contribution in [3.05, 3.63) is 78.1 Å². The maximum Gasteiger partial charge on any atom is 0.273 e. The molecule has 4 N–H and O–H groups in total. The summed E-state index contributed by atoms with van der Waals surface area (Å²) >= 11 is 0. The molecule has 0 radical (unpaired) electrons. The van der Waals surface area contributed by atoms with Gasteiger partial charge in [0.1, 0.15) is 18.5 Å². The zero-order valence-electron chi connectivity index (χ0n) is 27.4. The van der Waals surface area contributed by atoms with Crippen molar-refractivity contribution in [3.8, 4) is 0 Å². The highest BCUT2D eigenvalue weighted by atomic mass is 16.8. The third-order valence-corrected chi connectivity index (χ3v) is 9.39. The van der Waals surface area contributed by atoms with E-state index in [2.05, 4.69) is 39.9 Å². The molecule has 2 unspecified atom stereocenters. The van der Waals surface area contributed by atoms with E-state index in [0.717, 1.165) is 30.4 Å². The van der Waals surface area contributed by atoms with Crippen molar-refractivity contribution in [1.29, 1.82) is 0 Å². The number of aliphatic hydroxyl groups excluding tert-OH is 2. The van der Waals surface area contributed by atoms with Gasteiger partial charge in [-0.3, -0.25) is 4.79 Å². The first-order chi connectivity index (χ1) is 23.2. The Kier molecular flexibility index (Phi) is 9.05. The lowest BCUT2D eigenvalue weighted by Gasteiger charge is -2.29. The summed E-state index contributed by atoms with van der Waals surface area (Å²) in [5.41, 5.74) is 3.17. The molecule has 7 rings (SSSR count). The van der Waals surface area contributed by atoms with Gasteiger partial charge in [0, 0.05) is 19.0 Å². The van der Waals surface area contributed by atoms with Gasteiger partial charge >= 0.3 is 0 Å². The number of nitrogens with one attached hydrogen (secondary N) is 2. The van der Waals surface area contributed by atoms with E-state index in [1.165, 1.54) is 11.3 Å². The fourth-order valence-corrected chi connectivity index (χ4v) is 7.03. The van der Waals surface area contributed by atoms with Crippen LogP contribution in [0.4, 0.5) is 11.8 Å². The Labute approximate surface area is 279 Å². The second-order valence-corrected chi connectivity index (χ2v) is 13.1. The third-order valence-electron chi connectivity index (χ3n) is 9.39. The number of hydrogen-bond donors (Lipinski definition) is 4. The molecular formula is C35H43N7O6. The lowest BCUT2D eigenvalue weighted by Crippen LogP contribution is -2.50. The minimum Gasteiger partial charge on any atom is -0.391 e. The van der Waals surface area contributed by atoms with Crippen molar-refractivity contribution in [2.45, 2.75) is 94.9 Å². The van der Waals surface area contributed by atoms with E-state index in [-0.39, 0.29) is 18.5 Å². The largest absolute Gasteiger partial charge is 0.391 e. The van der Waals surface area contributed by atoms with Gasteiger partial charge in [-0.05, 0) is 44.7 Å². The van der Waals surface area contributed by atoms with Crippen molar-refractivity contribution >= 4 is 28.8 Å². The van der Waals surface area contributed by atoms with E-state index in [9.17, 15) is 15.0 Å². The number of hydrogen-bond acceptors (Lipinski definition) is 11. The standard InChI is InChI=1S/C35H43N7O6/c1-4-41(32(44)28-27-29(33(45)46-28)48-35(2,3)47-27)42-20-37-26-30(39-34(40-31(26)42)38-24-17-11-12-18-25(24)43)36-19-23(21-13-7-5-8-14-21)22-15-9-6-10-16-22/h5-10,13-16,20,23-25,27-29,33,43,45H,4,11-12,17-19H2,1-3H3,(H2,36,38,39,40)/t24?,25?,27-,28+,29-,33-/m1/s1. The van der Waals surface area contributed by atoms with Gasteiger partial charge in [-0.25, -0.2) is 14.7 Å². The highest BCUT2D eigenvalue weighted by molar-refractivity contribution is 5.93. The molecule has 3 fully saturated rings. The summed E-state index contributed by atoms with van der Waals surface area (Å²) in [6, 6.07) is 20.4. The minimum atomic E-state index is -1.30. The van der Waals surface area contributed by atoms with Gasteiger partial charge in [-0.2, -0.15) is 9.97 Å². The van der Waals surface area contributed by atoms with Crippen LogP contribution >= 0.6 is 0 Å². The van der Waals surface area contributed by atoms with Gasteiger partial charge in [0.2, 0.25) is 5.95 Å². The smallest absolute Gasteiger partial charge is 0.273 e. The molecule has 2 aromatic heterocycles. The molecule has 4 heterocycles. The number of carbonyl (C=O) groups is 1. The number of carbonyl (C=O) groups excluding carboxylic acids is 1. The normalized spacial score (nSPS) is 26.5. The number of ether oxygens (including phenoxy) is 3. The van der Waals surface area contributed by atoms with Crippen LogP contribution in [-0.2, 0) is 19.0 Å². The summed E-state index contributed by atoms with van der Waals surface area (Å²) in [7, 11) is 0. The van der Waals surface area contributed by atoms with E-state index in [0.29, 0.717) is 35.9 Å². The predicted octanol–water partition coefficient (Wildman–Crippen LogP) is 3.51. The predicted molar refractivity (Wildman–Crippen MR) is 179 cm³/mol. The molecular weight excluding hydrogens is 614 g/mol. The van der Waals surface area contributed by atoms with E-state index in [1.807, 2.05) is 43.3 Å². The lowest BCUT2D eigenvalue weighted by molar-refractivity contribution is -0.219. The van der Waals surface area contributed by atoms with Crippen LogP contribution in [0.15, 0.2) is 67.0 Å². The highest BCUT2D eigenvalue weighted by Gasteiger charge is 2.58. The third kappa shape index (κ3) is 6.36. The number of aromatic nitrogens is 4. The lowest BCUT2D eigenvalue weighted by atomic mass is 9.91. The van der Waals surface area contributed by atoms with Crippen LogP contribution in [0.2, 0.25) is 0 Å². The maximum absolute atomic E-state index is 14.1. The van der Waals surface area contributed by atoms with Crippen molar-refractivity contribution in [2.75, 3.05) is 28.7 Å². The first kappa shape index (κ1) is 32.4. The van der Waals surface area contributed by atoms with Crippen LogP contribution in [0.25, 0.3) is 11.2 Å². The zero-order chi connectivity index (χ0) is 33.4. The fraction of sp³-hybridized carbons (Fsp3) is 0.486. The zero-order valence-corrected chi connectivity index (χ0v) is 27.4. The molecule has 3 aliphatic rings. The van der Waals surface area contributed by atoms with E-state index >= 15 is 0 Å². The Bertz CT molecular complexity index is 1680. The van der Waals surface area contributed by atoms with Crippen molar-refractivity contribution in [2.24, 2.45) is 0 Å². The number of fused-ring (bicyclic) bond motifs is 2. The Morgan fingerprint density at radius 3 is 2.33 bits per heavy atom. The number of rotatable bonds is 10. The van der Waals surface area contributed by atoms with Gasteiger partial charge in [0.05, 0.1) is 12.1 Å². The van der Waals surface area contributed by atoms with Gasteiger partial charge in [-0.15, -0.1) is 0 Å². The van der Waals surface area contributed by atoms with E-state index in [4.69, 9.17) is 24.2 Å². The number of benzene rings is 2. The molecule has 13 heteroatoms. The van der Waals surface area contributed by atoms with Crippen LogP contribution in [0, 0.1) is 0 Å². The molecule has 6 atom stereocenters. The molecule has 1 saturated carbocycles. The average molecular weight is 658 g/mol. The molecule has 1 aliphatic carbocycles. The Balaban J connectivity index is 1.24. The van der Waals surface area contributed by atoms with Gasteiger partial charge in [-0.1, -0.05) is 73.5 Å². The summed E-state index contributed by atoms with van der Waals surface area (Å²) in [6.45, 7) is 6.08. The second kappa shape index (κ2) is 13.4. The summed E-state index contributed by atoms with van der Waals surface area (Å²) in [5, 5.41) is 29.7. The first-order valence-corrected chi connectivity index (χ1v) is 16.8. The molecule has 1 amide bonds. The SMILES string of the molecule is CCN(C(=O)[C@H]1O[C@@H](O)[C@@H]2OC(C)(C)O[C@@H]21)n1cnc2c(NCC(c3ccccc3)c3ccccc3)nc(NC3CCCCC3O)nc21. The number of amides is 1. The van der Waals surface area contributed by atoms with Crippen molar-refractivity contribution in [3.63, 3.8) is 0 Å². The number of likely N-dealkylation sites (N-methyl/N-ethyl adjacent to an activating group) is 1. The molecule has 0 spiro atoms. The summed E-state index contributed by atoms with van der Waals surface area (Å²) < 4.78 is 19.1. The van der Waals surface area contributed by atoms with E-state index in [1.54, 1.807) is 18.5 Å². The second-order valence-electron chi connectivity index (χ2n) is 13.1. The Morgan fingerprint density at radius 2 is 1.67 bits per heavy atom. The van der Waals surface area contributed by atoms with E-state index < -0.39 is 42.4 Å². The number of imidazole rings is 1. The highest BCUT2D eigenvalue weighted by Crippen LogP contribution is 2.38. The fourth-order valence-electron chi connectivity index (χ4n) is 7.03. The maximum atomic E-state index is 14.1. The Morgan fingerprint density at radius 1 is 1.00 bits per heavy atom. The van der Waals surface area contributed by atoms with Crippen LogP contribution in [0.3, 0.4) is 0 Å². The molecule has 48 heavy (non-hydrogen) atoms. The van der Waals surface area contributed by atoms with Crippen molar-refractivity contribution < 1.29 is 29.2 Å². The number of nitrogens with zero attached hydrogens (tertiary/aromatic N) is 5. The van der Waals surface area contributed by atoms with Gasteiger partial charge < -0.3 is 35.1 Å². The molecule has 2 aliphatic heterocycles. The molecule has 13 nitrogen and oxygen atoms in total. The first-order valence-electron chi connectivity index (χ1n) is 16.8. The quantitative estimate of drug-likeness (QED) is 0.198. The van der Waals surface area contributed by atoms with Crippen molar-refractivity contribution in [1.82, 2.24) is 19.6 Å². The van der Waals surface area contributed by atoms with Gasteiger partial charge in [0.15, 0.2) is 35.2 Å². The van der Waals surface area contributed by atoms with Crippen LogP contribution < -0.4 is 15.6 Å². The molecule has 2 saturated heterocycles. The number of anilines is 2. The molecule has 0 bridgehead atoms. The topological polar surface area (TPSA) is 156 Å². The molecule has 254 valence electrons. The molecule has 4 aromatic rings. The summed E-state index contributed by atoms with van der Waals surface area (Å²) in [5.74, 6) is -0.565. The number of aliphatic hydroxyl groups is 2. The van der Waals surface area contributed by atoms with Crippen LogP contribution in [0.5, 0.6) is 0 Å². The summed E-state index contributed by atoms with van der Waals surface area (Å²) in [6.07, 6.45) is 0.496. The summed E-state index contributed by atoms with van der Waals surface area (Å²) in [4.78, 5) is 28.5. The Hall–Kier alpha value is -4.14. The average Bonchev–Trinajstić information content (AvgIpc) is 3.74. The van der Waals surface area contributed by atoms with Gasteiger partial charge in [0.25, 0.3) is 5.91 Å².